The smallest absolute Gasteiger partial charge is 0.244 e. The number of amides is 3. The third-order valence-corrected chi connectivity index (χ3v) is 6.81. The molecule has 3 amide bonds. The molecular formula is C31H29N5O4. The molecule has 0 fully saturated rings. The van der Waals surface area contributed by atoms with Crippen molar-refractivity contribution < 1.29 is 19.5 Å². The van der Waals surface area contributed by atoms with E-state index in [9.17, 15) is 19.5 Å². The molecule has 0 saturated heterocycles. The molecule has 0 saturated carbocycles. The Labute approximate surface area is 230 Å². The number of aromatic hydroxyl groups is 1. The first-order valence-corrected chi connectivity index (χ1v) is 12.8. The zero-order valence-corrected chi connectivity index (χ0v) is 21.6. The summed E-state index contributed by atoms with van der Waals surface area (Å²) in [6, 6.07) is 19.7. The van der Waals surface area contributed by atoms with Gasteiger partial charge in [0, 0.05) is 53.1 Å². The predicted molar refractivity (Wildman–Crippen MR) is 154 cm³/mol. The van der Waals surface area contributed by atoms with Crippen molar-refractivity contribution in [1.82, 2.24) is 20.6 Å². The van der Waals surface area contributed by atoms with Crippen molar-refractivity contribution in [2.45, 2.75) is 24.9 Å². The maximum absolute atomic E-state index is 13.6. The number of carbonyl (C=O) groups excluding carboxylic acids is 3. The van der Waals surface area contributed by atoms with Crippen molar-refractivity contribution in [2.75, 3.05) is 0 Å². The van der Waals surface area contributed by atoms with E-state index in [0.29, 0.717) is 5.56 Å². The van der Waals surface area contributed by atoms with Gasteiger partial charge in [0.25, 0.3) is 0 Å². The zero-order valence-electron chi connectivity index (χ0n) is 21.6. The van der Waals surface area contributed by atoms with Crippen LogP contribution in [0.15, 0.2) is 91.3 Å². The van der Waals surface area contributed by atoms with Crippen LogP contribution in [-0.4, -0.2) is 44.9 Å². The summed E-state index contributed by atoms with van der Waals surface area (Å²) >= 11 is 0. The number of primary amides is 1. The minimum absolute atomic E-state index is 0.119. The van der Waals surface area contributed by atoms with E-state index < -0.39 is 29.8 Å². The molecule has 0 radical (unpaired) electrons. The number of phenols is 1. The average Bonchev–Trinajstić information content (AvgIpc) is 3.56. The number of rotatable bonds is 10. The Morgan fingerprint density at radius 3 is 1.90 bits per heavy atom. The lowest BCUT2D eigenvalue weighted by Gasteiger charge is -2.21. The first kappa shape index (κ1) is 26.3. The maximum atomic E-state index is 13.6. The van der Waals surface area contributed by atoms with Crippen molar-refractivity contribution in [3.8, 4) is 5.75 Å². The highest BCUT2D eigenvalue weighted by Gasteiger charge is 2.27. The van der Waals surface area contributed by atoms with Crippen molar-refractivity contribution in [3.05, 3.63) is 108 Å². The van der Waals surface area contributed by atoms with Crippen molar-refractivity contribution in [1.29, 1.82) is 0 Å². The van der Waals surface area contributed by atoms with Gasteiger partial charge in [0.1, 0.15) is 17.8 Å². The van der Waals surface area contributed by atoms with Crippen LogP contribution in [0.1, 0.15) is 16.7 Å². The molecule has 2 atom stereocenters. The fourth-order valence-electron chi connectivity index (χ4n) is 4.72. The van der Waals surface area contributed by atoms with Gasteiger partial charge in [-0.1, -0.05) is 48.5 Å². The molecule has 9 heteroatoms. The normalized spacial score (nSPS) is 12.9. The monoisotopic (exact) mass is 535 g/mol. The van der Waals surface area contributed by atoms with Crippen molar-refractivity contribution >= 4 is 45.6 Å². The molecule has 0 aliphatic heterocycles. The molecule has 0 bridgehead atoms. The number of fused-ring (bicyclic) bond motifs is 2. The number of benzene rings is 3. The average molecular weight is 536 g/mol. The molecule has 3 aromatic carbocycles. The minimum Gasteiger partial charge on any atom is -0.508 e. The van der Waals surface area contributed by atoms with Crippen LogP contribution < -0.4 is 16.4 Å². The van der Waals surface area contributed by atoms with Crippen LogP contribution in [0.3, 0.4) is 0 Å². The summed E-state index contributed by atoms with van der Waals surface area (Å²) in [7, 11) is 0. The number of nitrogens with one attached hydrogen (secondary N) is 4. The number of hydrogen-bond donors (Lipinski definition) is 6. The van der Waals surface area contributed by atoms with Crippen LogP contribution >= 0.6 is 0 Å². The van der Waals surface area contributed by atoms with Crippen LogP contribution in [0.4, 0.5) is 0 Å². The Kier molecular flexibility index (Phi) is 7.63. The molecule has 0 aliphatic carbocycles. The van der Waals surface area contributed by atoms with E-state index in [2.05, 4.69) is 20.6 Å². The number of para-hydroxylation sites is 2. The highest BCUT2D eigenvalue weighted by Crippen LogP contribution is 2.21. The fraction of sp³-hybridized carbons (Fsp3) is 0.129. The number of carbonyl (C=O) groups is 3. The van der Waals surface area contributed by atoms with Gasteiger partial charge in [0.15, 0.2) is 0 Å². The first-order valence-electron chi connectivity index (χ1n) is 12.8. The standard InChI is InChI=1S/C31H29N5O4/c32-30(39)27(15-20-17-33-25-7-3-1-5-23(20)25)36-31(40)28(16-21-18-34-26-8-4-2-6-24(21)26)35-29(38)14-11-19-9-12-22(37)13-10-19/h1-14,17-18,27-28,33-34,37H,15-16H2,(H2,32,39)(H,35,38)(H,36,40)/b14-11+/t27-,28-/m0/s1. The highest BCUT2D eigenvalue weighted by molar-refractivity contribution is 5.97. The SMILES string of the molecule is NC(=O)[C@H](Cc1c[nH]c2ccccc12)NC(=O)[C@H](Cc1c[nH]c2ccccc12)NC(=O)/C=C/c1ccc(O)cc1. The van der Waals surface area contributed by atoms with Crippen LogP contribution in [-0.2, 0) is 27.2 Å². The lowest BCUT2D eigenvalue weighted by molar-refractivity contribution is -0.130. The number of H-pyrrole nitrogens is 2. The summed E-state index contributed by atoms with van der Waals surface area (Å²) in [5.41, 5.74) is 9.90. The Bertz CT molecular complexity index is 1700. The lowest BCUT2D eigenvalue weighted by atomic mass is 10.0. The van der Waals surface area contributed by atoms with Gasteiger partial charge in [-0.05, 0) is 47.0 Å². The molecule has 0 unspecified atom stereocenters. The largest absolute Gasteiger partial charge is 0.508 e. The third kappa shape index (κ3) is 6.05. The second-order valence-corrected chi connectivity index (χ2v) is 9.58. The molecule has 0 spiro atoms. The number of phenolic OH excluding ortho intramolecular Hbond substituents is 1. The number of nitrogens with two attached hydrogens (primary N) is 1. The van der Waals surface area contributed by atoms with Crippen LogP contribution in [0.2, 0.25) is 0 Å². The predicted octanol–water partition coefficient (Wildman–Crippen LogP) is 3.31. The van der Waals surface area contributed by atoms with E-state index in [-0.39, 0.29) is 18.6 Å². The molecular weight excluding hydrogens is 506 g/mol. The molecule has 9 nitrogen and oxygen atoms in total. The summed E-state index contributed by atoms with van der Waals surface area (Å²) in [5, 5.41) is 16.9. The number of hydrogen-bond acceptors (Lipinski definition) is 4. The third-order valence-electron chi connectivity index (χ3n) is 6.81. The first-order chi connectivity index (χ1) is 19.4. The maximum Gasteiger partial charge on any atom is 0.244 e. The highest BCUT2D eigenvalue weighted by atomic mass is 16.3. The van der Waals surface area contributed by atoms with Crippen LogP contribution in [0, 0.1) is 0 Å². The van der Waals surface area contributed by atoms with Gasteiger partial charge in [0.2, 0.25) is 17.7 Å². The molecule has 7 N–H and O–H groups in total. The van der Waals surface area contributed by atoms with E-state index in [4.69, 9.17) is 5.73 Å². The summed E-state index contributed by atoms with van der Waals surface area (Å²) in [4.78, 5) is 45.2. The summed E-state index contributed by atoms with van der Waals surface area (Å²) < 4.78 is 0. The molecule has 2 aromatic heterocycles. The second-order valence-electron chi connectivity index (χ2n) is 9.58. The van der Waals surface area contributed by atoms with E-state index in [1.165, 1.54) is 18.2 Å². The van der Waals surface area contributed by atoms with Crippen molar-refractivity contribution in [3.63, 3.8) is 0 Å². The van der Waals surface area contributed by atoms with Gasteiger partial charge in [-0.15, -0.1) is 0 Å². The molecule has 202 valence electrons. The lowest BCUT2D eigenvalue weighted by Crippen LogP contribution is -2.54. The van der Waals surface area contributed by atoms with Gasteiger partial charge in [-0.3, -0.25) is 14.4 Å². The van der Waals surface area contributed by atoms with Gasteiger partial charge in [0.05, 0.1) is 0 Å². The molecule has 40 heavy (non-hydrogen) atoms. The van der Waals surface area contributed by atoms with Gasteiger partial charge in [-0.25, -0.2) is 0 Å². The van der Waals surface area contributed by atoms with Crippen molar-refractivity contribution in [2.24, 2.45) is 5.73 Å². The minimum atomic E-state index is -0.985. The van der Waals surface area contributed by atoms with Crippen LogP contribution in [0.5, 0.6) is 5.75 Å². The molecule has 0 aliphatic rings. The fourth-order valence-corrected chi connectivity index (χ4v) is 4.72. The summed E-state index contributed by atoms with van der Waals surface area (Å²) in [6.45, 7) is 0. The quantitative estimate of drug-likeness (QED) is 0.152. The van der Waals surface area contributed by atoms with Gasteiger partial charge in [-0.2, -0.15) is 0 Å². The van der Waals surface area contributed by atoms with Gasteiger partial charge >= 0.3 is 0 Å². The molecule has 5 aromatic rings. The Morgan fingerprint density at radius 1 is 0.775 bits per heavy atom. The van der Waals surface area contributed by atoms with Crippen LogP contribution in [0.25, 0.3) is 27.9 Å². The Hall–Kier alpha value is -5.31. The number of aromatic amines is 2. The Morgan fingerprint density at radius 2 is 1.32 bits per heavy atom. The number of aromatic nitrogens is 2. The topological polar surface area (TPSA) is 153 Å². The second kappa shape index (κ2) is 11.6. The molecule has 5 rings (SSSR count). The van der Waals surface area contributed by atoms with E-state index in [0.717, 1.165) is 32.9 Å². The summed E-state index contributed by atoms with van der Waals surface area (Å²) in [5.74, 6) is -1.57. The van der Waals surface area contributed by atoms with E-state index in [1.54, 1.807) is 30.6 Å². The summed E-state index contributed by atoms with van der Waals surface area (Å²) in [6.07, 6.45) is 6.89. The Balaban J connectivity index is 1.36. The zero-order chi connectivity index (χ0) is 28.1. The molecule has 2 heterocycles. The van der Waals surface area contributed by atoms with E-state index in [1.807, 2.05) is 48.5 Å². The van der Waals surface area contributed by atoms with E-state index >= 15 is 0 Å². The van der Waals surface area contributed by atoms with Gasteiger partial charge < -0.3 is 31.4 Å².